The maximum atomic E-state index is 6.10. The van der Waals surface area contributed by atoms with Crippen molar-refractivity contribution in [2.75, 3.05) is 19.7 Å². The fourth-order valence-corrected chi connectivity index (χ4v) is 2.82. The summed E-state index contributed by atoms with van der Waals surface area (Å²) in [5.41, 5.74) is 7.46. The first-order valence-corrected chi connectivity index (χ1v) is 7.84. The highest BCUT2D eigenvalue weighted by Gasteiger charge is 2.26. The van der Waals surface area contributed by atoms with E-state index in [-0.39, 0.29) is 0 Å². The molecule has 0 aliphatic carbocycles. The molecule has 1 aromatic carbocycles. The molecule has 0 bridgehead atoms. The zero-order valence-electron chi connectivity index (χ0n) is 13.0. The minimum absolute atomic E-state index is 0.364. The molecule has 112 valence electrons. The van der Waals surface area contributed by atoms with Gasteiger partial charge in [0, 0.05) is 25.2 Å². The smallest absolute Gasteiger partial charge is 0.119 e. The van der Waals surface area contributed by atoms with Crippen LogP contribution in [-0.4, -0.2) is 30.6 Å². The fourth-order valence-electron chi connectivity index (χ4n) is 2.82. The zero-order chi connectivity index (χ0) is 14.5. The summed E-state index contributed by atoms with van der Waals surface area (Å²) in [5, 5.41) is 0. The van der Waals surface area contributed by atoms with Gasteiger partial charge in [-0.25, -0.2) is 0 Å². The number of hydrogen-bond donors (Lipinski definition) is 1. The number of benzene rings is 1. The molecule has 0 aromatic heterocycles. The Hall–Kier alpha value is -1.06. The second kappa shape index (κ2) is 7.09. The Kier molecular flexibility index (Phi) is 5.44. The van der Waals surface area contributed by atoms with E-state index in [1.54, 1.807) is 0 Å². The Morgan fingerprint density at radius 1 is 1.35 bits per heavy atom. The number of piperidine rings is 1. The predicted molar refractivity (Wildman–Crippen MR) is 84.0 cm³/mol. The maximum Gasteiger partial charge on any atom is 0.119 e. The van der Waals surface area contributed by atoms with Crippen molar-refractivity contribution in [3.63, 3.8) is 0 Å². The Labute approximate surface area is 123 Å². The molecule has 3 nitrogen and oxygen atoms in total. The van der Waals surface area contributed by atoms with E-state index in [0.29, 0.717) is 18.0 Å². The first-order chi connectivity index (χ1) is 9.61. The quantitative estimate of drug-likeness (QED) is 0.897. The SMILES string of the molecule is CCCOc1ccc(C(C)N2CCC(N)C(C)C2)cc1. The van der Waals surface area contributed by atoms with Crippen LogP contribution in [0.4, 0.5) is 0 Å². The van der Waals surface area contributed by atoms with Crippen molar-refractivity contribution in [2.24, 2.45) is 11.7 Å². The number of rotatable bonds is 5. The van der Waals surface area contributed by atoms with Gasteiger partial charge in [0.2, 0.25) is 0 Å². The molecule has 1 aliphatic rings. The van der Waals surface area contributed by atoms with Gasteiger partial charge in [0.1, 0.15) is 5.75 Å². The second-order valence-corrected chi connectivity index (χ2v) is 6.02. The first kappa shape index (κ1) is 15.3. The van der Waals surface area contributed by atoms with E-state index in [9.17, 15) is 0 Å². The molecule has 0 saturated carbocycles. The number of nitrogens with zero attached hydrogens (tertiary/aromatic N) is 1. The van der Waals surface area contributed by atoms with E-state index >= 15 is 0 Å². The van der Waals surface area contributed by atoms with Crippen molar-refractivity contribution in [1.29, 1.82) is 0 Å². The van der Waals surface area contributed by atoms with Crippen LogP contribution < -0.4 is 10.5 Å². The fraction of sp³-hybridized carbons (Fsp3) is 0.647. The lowest BCUT2D eigenvalue weighted by molar-refractivity contribution is 0.124. The van der Waals surface area contributed by atoms with E-state index in [1.165, 1.54) is 5.56 Å². The number of ether oxygens (including phenoxy) is 1. The van der Waals surface area contributed by atoms with Crippen LogP contribution in [0.25, 0.3) is 0 Å². The molecule has 20 heavy (non-hydrogen) atoms. The second-order valence-electron chi connectivity index (χ2n) is 6.02. The number of hydrogen-bond acceptors (Lipinski definition) is 3. The molecule has 0 radical (unpaired) electrons. The van der Waals surface area contributed by atoms with Gasteiger partial charge in [0.15, 0.2) is 0 Å². The monoisotopic (exact) mass is 276 g/mol. The molecule has 1 aliphatic heterocycles. The summed E-state index contributed by atoms with van der Waals surface area (Å²) >= 11 is 0. The van der Waals surface area contributed by atoms with Crippen LogP contribution in [0.5, 0.6) is 5.75 Å². The van der Waals surface area contributed by atoms with Gasteiger partial charge >= 0.3 is 0 Å². The molecule has 2 N–H and O–H groups in total. The van der Waals surface area contributed by atoms with Crippen LogP contribution in [0, 0.1) is 5.92 Å². The van der Waals surface area contributed by atoms with E-state index in [4.69, 9.17) is 10.5 Å². The van der Waals surface area contributed by atoms with Crippen molar-refractivity contribution < 1.29 is 4.74 Å². The molecule has 0 spiro atoms. The summed E-state index contributed by atoms with van der Waals surface area (Å²) in [6, 6.07) is 9.36. The molecule has 3 heteroatoms. The van der Waals surface area contributed by atoms with E-state index in [2.05, 4.69) is 49.9 Å². The number of nitrogens with two attached hydrogens (primary N) is 1. The normalized spacial score (nSPS) is 25.4. The summed E-state index contributed by atoms with van der Waals surface area (Å²) in [4.78, 5) is 2.54. The average molecular weight is 276 g/mol. The van der Waals surface area contributed by atoms with Gasteiger partial charge in [0.25, 0.3) is 0 Å². The zero-order valence-corrected chi connectivity index (χ0v) is 13.0. The molecule has 1 fully saturated rings. The maximum absolute atomic E-state index is 6.10. The van der Waals surface area contributed by atoms with Gasteiger partial charge in [0.05, 0.1) is 6.61 Å². The van der Waals surface area contributed by atoms with Crippen molar-refractivity contribution in [1.82, 2.24) is 4.90 Å². The van der Waals surface area contributed by atoms with Crippen LogP contribution in [0.2, 0.25) is 0 Å². The minimum Gasteiger partial charge on any atom is -0.494 e. The van der Waals surface area contributed by atoms with Crippen molar-refractivity contribution >= 4 is 0 Å². The first-order valence-electron chi connectivity index (χ1n) is 7.84. The highest BCUT2D eigenvalue weighted by molar-refractivity contribution is 5.29. The largest absolute Gasteiger partial charge is 0.494 e. The summed E-state index contributed by atoms with van der Waals surface area (Å²) in [6.45, 7) is 9.64. The lowest BCUT2D eigenvalue weighted by Gasteiger charge is -2.38. The molecule has 3 unspecified atom stereocenters. The van der Waals surface area contributed by atoms with E-state index in [0.717, 1.165) is 38.3 Å². The average Bonchev–Trinajstić information content (AvgIpc) is 2.48. The molecule has 1 aromatic rings. The van der Waals surface area contributed by atoms with Gasteiger partial charge in [-0.1, -0.05) is 26.0 Å². The molecular weight excluding hydrogens is 248 g/mol. The standard InChI is InChI=1S/C17H28N2O/c1-4-11-20-16-7-5-15(6-8-16)14(3)19-10-9-17(18)13(2)12-19/h5-8,13-14,17H,4,9-12,18H2,1-3H3. The van der Waals surface area contributed by atoms with Crippen LogP contribution in [0.1, 0.15) is 45.2 Å². The summed E-state index contributed by atoms with van der Waals surface area (Å²) in [7, 11) is 0. The van der Waals surface area contributed by atoms with Crippen LogP contribution in [-0.2, 0) is 0 Å². The van der Waals surface area contributed by atoms with Crippen LogP contribution >= 0.6 is 0 Å². The highest BCUT2D eigenvalue weighted by Crippen LogP contribution is 2.27. The van der Waals surface area contributed by atoms with Gasteiger partial charge < -0.3 is 10.5 Å². The lowest BCUT2D eigenvalue weighted by Crippen LogP contribution is -2.46. The summed E-state index contributed by atoms with van der Waals surface area (Å²) in [6.07, 6.45) is 2.15. The third kappa shape index (κ3) is 3.74. The van der Waals surface area contributed by atoms with Gasteiger partial charge in [-0.3, -0.25) is 4.90 Å². The van der Waals surface area contributed by atoms with Crippen molar-refractivity contribution in [2.45, 2.75) is 45.7 Å². The topological polar surface area (TPSA) is 38.5 Å². The van der Waals surface area contributed by atoms with Gasteiger partial charge in [-0.2, -0.15) is 0 Å². The third-order valence-corrected chi connectivity index (χ3v) is 4.39. The predicted octanol–water partition coefficient (Wildman–Crippen LogP) is 3.21. The van der Waals surface area contributed by atoms with Crippen LogP contribution in [0.3, 0.4) is 0 Å². The third-order valence-electron chi connectivity index (χ3n) is 4.39. The molecule has 3 atom stereocenters. The molecule has 0 amide bonds. The molecule has 2 rings (SSSR count). The highest BCUT2D eigenvalue weighted by atomic mass is 16.5. The summed E-state index contributed by atoms with van der Waals surface area (Å²) < 4.78 is 5.64. The number of likely N-dealkylation sites (tertiary alicyclic amines) is 1. The Balaban J connectivity index is 1.96. The summed E-state index contributed by atoms with van der Waals surface area (Å²) in [5.74, 6) is 1.55. The van der Waals surface area contributed by atoms with E-state index < -0.39 is 0 Å². The molecular formula is C17H28N2O. The lowest BCUT2D eigenvalue weighted by atomic mass is 9.92. The van der Waals surface area contributed by atoms with Crippen molar-refractivity contribution in [3.05, 3.63) is 29.8 Å². The Morgan fingerprint density at radius 3 is 2.65 bits per heavy atom. The van der Waals surface area contributed by atoms with Gasteiger partial charge in [-0.05, 0) is 43.4 Å². The van der Waals surface area contributed by atoms with Crippen molar-refractivity contribution in [3.8, 4) is 5.75 Å². The van der Waals surface area contributed by atoms with E-state index in [1.807, 2.05) is 0 Å². The Bertz CT molecular complexity index is 404. The van der Waals surface area contributed by atoms with Gasteiger partial charge in [-0.15, -0.1) is 0 Å². The molecule has 1 heterocycles. The van der Waals surface area contributed by atoms with Crippen LogP contribution in [0.15, 0.2) is 24.3 Å². The Morgan fingerprint density at radius 2 is 2.05 bits per heavy atom. The molecule has 1 saturated heterocycles. The minimum atomic E-state index is 0.364.